The first-order valence-electron chi connectivity index (χ1n) is 5.26. The predicted octanol–water partition coefficient (Wildman–Crippen LogP) is 2.29. The van der Waals surface area contributed by atoms with Gasteiger partial charge < -0.3 is 15.2 Å². The number of phenolic OH excluding ortho intramolecular Hbond substituents is 1. The fraction of sp³-hybridized carbons (Fsp3) is 0.500. The van der Waals surface area contributed by atoms with Gasteiger partial charge in [0, 0.05) is 18.2 Å². The van der Waals surface area contributed by atoms with Gasteiger partial charge in [-0.25, -0.2) is 0 Å². The van der Waals surface area contributed by atoms with Gasteiger partial charge in [0.2, 0.25) is 0 Å². The number of rotatable bonds is 5. The third kappa shape index (κ3) is 3.44. The van der Waals surface area contributed by atoms with Crippen molar-refractivity contribution in [3.63, 3.8) is 0 Å². The van der Waals surface area contributed by atoms with Crippen LogP contribution < -0.4 is 10.1 Å². The van der Waals surface area contributed by atoms with E-state index in [9.17, 15) is 5.11 Å². The zero-order valence-corrected chi connectivity index (χ0v) is 9.58. The van der Waals surface area contributed by atoms with Crippen molar-refractivity contribution >= 4 is 0 Å². The molecular weight excluding hydrogens is 190 g/mol. The molecule has 0 radical (unpaired) electrons. The Bertz CT molecular complexity index is 312. The topological polar surface area (TPSA) is 41.5 Å². The summed E-state index contributed by atoms with van der Waals surface area (Å²) in [4.78, 5) is 0. The van der Waals surface area contributed by atoms with Crippen LogP contribution in [-0.2, 0) is 6.54 Å². The van der Waals surface area contributed by atoms with Crippen LogP contribution >= 0.6 is 0 Å². The fourth-order valence-electron chi connectivity index (χ4n) is 1.26. The summed E-state index contributed by atoms with van der Waals surface area (Å²) in [6, 6.07) is 5.72. The molecule has 0 saturated carbocycles. The third-order valence-corrected chi connectivity index (χ3v) is 2.54. The Labute approximate surface area is 91.1 Å². The highest BCUT2D eigenvalue weighted by Crippen LogP contribution is 2.22. The molecule has 1 aromatic carbocycles. The zero-order valence-electron chi connectivity index (χ0n) is 9.58. The molecule has 0 aliphatic carbocycles. The van der Waals surface area contributed by atoms with E-state index in [0.717, 1.165) is 17.7 Å². The van der Waals surface area contributed by atoms with Gasteiger partial charge in [-0.05, 0) is 31.5 Å². The maximum atomic E-state index is 9.62. The molecule has 84 valence electrons. The van der Waals surface area contributed by atoms with E-state index in [4.69, 9.17) is 4.74 Å². The van der Waals surface area contributed by atoms with Crippen molar-refractivity contribution in [3.05, 3.63) is 23.8 Å². The Morgan fingerprint density at radius 3 is 2.80 bits per heavy atom. The van der Waals surface area contributed by atoms with E-state index in [1.807, 2.05) is 6.07 Å². The third-order valence-electron chi connectivity index (χ3n) is 2.54. The van der Waals surface area contributed by atoms with E-state index in [1.165, 1.54) is 0 Å². The van der Waals surface area contributed by atoms with E-state index in [1.54, 1.807) is 19.2 Å². The van der Waals surface area contributed by atoms with Gasteiger partial charge in [0.25, 0.3) is 0 Å². The second-order valence-electron chi connectivity index (χ2n) is 3.68. The standard InChI is InChI=1S/C12H19NO2/c1-4-9(2)13-8-10-7-11(15-3)5-6-12(10)14/h5-7,9,13-14H,4,8H2,1-3H3/t9-/m1/s1. The summed E-state index contributed by atoms with van der Waals surface area (Å²) in [6.45, 7) is 4.92. The molecule has 0 heterocycles. The summed E-state index contributed by atoms with van der Waals surface area (Å²) in [7, 11) is 1.62. The summed E-state index contributed by atoms with van der Waals surface area (Å²) in [5, 5.41) is 12.9. The first-order chi connectivity index (χ1) is 7.17. The normalized spacial score (nSPS) is 12.5. The van der Waals surface area contributed by atoms with Crippen LogP contribution in [0.3, 0.4) is 0 Å². The Hall–Kier alpha value is -1.22. The van der Waals surface area contributed by atoms with Crippen molar-refractivity contribution in [1.29, 1.82) is 0 Å². The number of ether oxygens (including phenoxy) is 1. The highest BCUT2D eigenvalue weighted by atomic mass is 16.5. The van der Waals surface area contributed by atoms with Crippen molar-refractivity contribution in [2.45, 2.75) is 32.9 Å². The number of benzene rings is 1. The molecule has 0 spiro atoms. The summed E-state index contributed by atoms with van der Waals surface area (Å²) < 4.78 is 5.10. The molecule has 0 bridgehead atoms. The molecule has 3 heteroatoms. The molecule has 0 aliphatic rings. The minimum Gasteiger partial charge on any atom is -0.508 e. The molecule has 1 rings (SSSR count). The van der Waals surface area contributed by atoms with Gasteiger partial charge in [-0.2, -0.15) is 0 Å². The van der Waals surface area contributed by atoms with Crippen molar-refractivity contribution in [1.82, 2.24) is 5.32 Å². The molecule has 0 aromatic heterocycles. The monoisotopic (exact) mass is 209 g/mol. The summed E-state index contributed by atoms with van der Waals surface area (Å²) >= 11 is 0. The molecular formula is C12H19NO2. The van der Waals surface area contributed by atoms with Crippen LogP contribution in [0.4, 0.5) is 0 Å². The Balaban J connectivity index is 2.66. The first kappa shape index (κ1) is 11.9. The number of hydrogen-bond donors (Lipinski definition) is 2. The zero-order chi connectivity index (χ0) is 11.3. The van der Waals surface area contributed by atoms with Crippen molar-refractivity contribution in [2.24, 2.45) is 0 Å². The lowest BCUT2D eigenvalue weighted by Crippen LogP contribution is -2.24. The average molecular weight is 209 g/mol. The second-order valence-corrected chi connectivity index (χ2v) is 3.68. The second kappa shape index (κ2) is 5.61. The van der Waals surface area contributed by atoms with Crippen LogP contribution in [0.25, 0.3) is 0 Å². The molecule has 1 atom stereocenters. The van der Waals surface area contributed by atoms with Gasteiger partial charge in [-0.1, -0.05) is 6.92 Å². The van der Waals surface area contributed by atoms with Crippen LogP contribution in [-0.4, -0.2) is 18.3 Å². The predicted molar refractivity (Wildman–Crippen MR) is 61.3 cm³/mol. The maximum absolute atomic E-state index is 9.62. The number of phenols is 1. The highest BCUT2D eigenvalue weighted by Gasteiger charge is 2.04. The van der Waals surface area contributed by atoms with Gasteiger partial charge in [0.1, 0.15) is 11.5 Å². The smallest absolute Gasteiger partial charge is 0.120 e. The minimum absolute atomic E-state index is 0.312. The number of aromatic hydroxyl groups is 1. The van der Waals surface area contributed by atoms with E-state index < -0.39 is 0 Å². The molecule has 15 heavy (non-hydrogen) atoms. The van der Waals surface area contributed by atoms with Crippen LogP contribution in [0.1, 0.15) is 25.8 Å². The van der Waals surface area contributed by atoms with Crippen molar-refractivity contribution < 1.29 is 9.84 Å². The van der Waals surface area contributed by atoms with E-state index in [2.05, 4.69) is 19.2 Å². The summed E-state index contributed by atoms with van der Waals surface area (Å²) in [5.41, 5.74) is 0.870. The molecule has 0 saturated heterocycles. The van der Waals surface area contributed by atoms with Crippen molar-refractivity contribution in [2.75, 3.05) is 7.11 Å². The van der Waals surface area contributed by atoms with Crippen LogP contribution in [0, 0.1) is 0 Å². The molecule has 0 fully saturated rings. The SMILES string of the molecule is CC[C@@H](C)NCc1cc(OC)ccc1O. The van der Waals surface area contributed by atoms with Gasteiger partial charge in [-0.15, -0.1) is 0 Å². The molecule has 0 amide bonds. The Kier molecular flexibility index (Phi) is 4.43. The Morgan fingerprint density at radius 1 is 1.47 bits per heavy atom. The molecule has 0 unspecified atom stereocenters. The lowest BCUT2D eigenvalue weighted by molar-refractivity contribution is 0.409. The lowest BCUT2D eigenvalue weighted by Gasteiger charge is -2.12. The molecule has 1 aromatic rings. The fourth-order valence-corrected chi connectivity index (χ4v) is 1.26. The van der Waals surface area contributed by atoms with Gasteiger partial charge >= 0.3 is 0 Å². The van der Waals surface area contributed by atoms with Crippen LogP contribution in [0.5, 0.6) is 11.5 Å². The number of methoxy groups -OCH3 is 1. The number of nitrogens with one attached hydrogen (secondary N) is 1. The van der Waals surface area contributed by atoms with E-state index in [0.29, 0.717) is 18.3 Å². The largest absolute Gasteiger partial charge is 0.508 e. The van der Waals surface area contributed by atoms with Crippen LogP contribution in [0.15, 0.2) is 18.2 Å². The number of hydrogen-bond acceptors (Lipinski definition) is 3. The summed E-state index contributed by atoms with van der Waals surface area (Å²) in [5.74, 6) is 1.08. The quantitative estimate of drug-likeness (QED) is 0.781. The minimum atomic E-state index is 0.312. The lowest BCUT2D eigenvalue weighted by atomic mass is 10.1. The van der Waals surface area contributed by atoms with Gasteiger partial charge in [0.05, 0.1) is 7.11 Å². The average Bonchev–Trinajstić information content (AvgIpc) is 2.27. The maximum Gasteiger partial charge on any atom is 0.120 e. The summed E-state index contributed by atoms with van der Waals surface area (Å²) in [6.07, 6.45) is 1.07. The van der Waals surface area contributed by atoms with Gasteiger partial charge in [-0.3, -0.25) is 0 Å². The Morgan fingerprint density at radius 2 is 2.20 bits per heavy atom. The highest BCUT2D eigenvalue weighted by molar-refractivity contribution is 5.39. The van der Waals surface area contributed by atoms with Crippen LogP contribution in [0.2, 0.25) is 0 Å². The molecule has 3 nitrogen and oxygen atoms in total. The first-order valence-corrected chi connectivity index (χ1v) is 5.26. The molecule has 0 aliphatic heterocycles. The van der Waals surface area contributed by atoms with E-state index >= 15 is 0 Å². The molecule has 2 N–H and O–H groups in total. The van der Waals surface area contributed by atoms with Gasteiger partial charge in [0.15, 0.2) is 0 Å². The van der Waals surface area contributed by atoms with E-state index in [-0.39, 0.29) is 0 Å². The van der Waals surface area contributed by atoms with Crippen molar-refractivity contribution in [3.8, 4) is 11.5 Å².